The van der Waals surface area contributed by atoms with Gasteiger partial charge in [-0.3, -0.25) is 4.90 Å². The maximum absolute atomic E-state index is 6.39. The van der Waals surface area contributed by atoms with E-state index in [1.807, 2.05) is 7.05 Å². The molecule has 3 nitrogen and oxygen atoms in total. The quantitative estimate of drug-likeness (QED) is 0.549. The van der Waals surface area contributed by atoms with Crippen molar-refractivity contribution in [3.8, 4) is 0 Å². The van der Waals surface area contributed by atoms with Gasteiger partial charge in [0.1, 0.15) is 0 Å². The number of nitrogens with zero attached hydrogens (tertiary/aromatic N) is 1. The molecule has 1 heterocycles. The number of rotatable bonds is 8. The van der Waals surface area contributed by atoms with Gasteiger partial charge >= 0.3 is 0 Å². The molecule has 1 saturated heterocycles. The molecule has 1 rings (SSSR count). The van der Waals surface area contributed by atoms with Gasteiger partial charge in [-0.1, -0.05) is 20.8 Å². The summed E-state index contributed by atoms with van der Waals surface area (Å²) >= 11 is 0. The van der Waals surface area contributed by atoms with Gasteiger partial charge in [0.25, 0.3) is 0 Å². The Kier molecular flexibility index (Phi) is 6.70. The van der Waals surface area contributed by atoms with Crippen LogP contribution in [0.25, 0.3) is 0 Å². The SMILES string of the molecule is CNCCCC(C)N1CC[C@H]1CO[Si](C)(C)C(C)(C)C. The van der Waals surface area contributed by atoms with Crippen LogP contribution >= 0.6 is 0 Å². The fourth-order valence-corrected chi connectivity index (χ4v) is 3.52. The number of nitrogens with one attached hydrogen (secondary N) is 1. The standard InChI is InChI=1S/C16H36N2OSi/c1-14(9-8-11-17-5)18-12-10-15(18)13-19-20(6,7)16(2,3)4/h14-15,17H,8-13H2,1-7H3/t14?,15-/m0/s1. The molecule has 120 valence electrons. The van der Waals surface area contributed by atoms with E-state index in [1.165, 1.54) is 25.8 Å². The largest absolute Gasteiger partial charge is 0.415 e. The van der Waals surface area contributed by atoms with Gasteiger partial charge in [0.15, 0.2) is 8.32 Å². The van der Waals surface area contributed by atoms with Gasteiger partial charge in [-0.2, -0.15) is 0 Å². The van der Waals surface area contributed by atoms with Gasteiger partial charge in [0, 0.05) is 25.2 Å². The summed E-state index contributed by atoms with van der Waals surface area (Å²) in [5.74, 6) is 0. The number of hydrogen-bond acceptors (Lipinski definition) is 3. The third-order valence-corrected chi connectivity index (χ3v) is 9.75. The summed E-state index contributed by atoms with van der Waals surface area (Å²) in [6.45, 7) is 17.4. The van der Waals surface area contributed by atoms with Crippen LogP contribution in [0.2, 0.25) is 18.1 Å². The van der Waals surface area contributed by atoms with E-state index in [2.05, 4.69) is 51.0 Å². The molecule has 2 atom stereocenters. The van der Waals surface area contributed by atoms with Crippen molar-refractivity contribution in [3.63, 3.8) is 0 Å². The molecule has 1 aliphatic rings. The van der Waals surface area contributed by atoms with E-state index in [-0.39, 0.29) is 0 Å². The first-order valence-corrected chi connectivity index (χ1v) is 11.1. The van der Waals surface area contributed by atoms with Crippen molar-refractivity contribution >= 4 is 8.32 Å². The van der Waals surface area contributed by atoms with Crippen molar-refractivity contribution in [1.82, 2.24) is 10.2 Å². The molecule has 1 fully saturated rings. The Morgan fingerprint density at radius 3 is 2.45 bits per heavy atom. The van der Waals surface area contributed by atoms with E-state index in [4.69, 9.17) is 4.43 Å². The van der Waals surface area contributed by atoms with Crippen LogP contribution < -0.4 is 5.32 Å². The summed E-state index contributed by atoms with van der Waals surface area (Å²) < 4.78 is 6.39. The summed E-state index contributed by atoms with van der Waals surface area (Å²) in [6.07, 6.45) is 3.87. The number of likely N-dealkylation sites (tertiary alicyclic amines) is 1. The van der Waals surface area contributed by atoms with Gasteiger partial charge in [-0.15, -0.1) is 0 Å². The van der Waals surface area contributed by atoms with Gasteiger partial charge in [-0.05, 0) is 57.9 Å². The molecular weight excluding hydrogens is 264 g/mol. The Morgan fingerprint density at radius 1 is 1.35 bits per heavy atom. The molecule has 1 unspecified atom stereocenters. The lowest BCUT2D eigenvalue weighted by atomic mass is 9.99. The molecule has 0 bridgehead atoms. The van der Waals surface area contributed by atoms with Crippen LogP contribution in [-0.4, -0.2) is 52.0 Å². The summed E-state index contributed by atoms with van der Waals surface area (Å²) in [5.41, 5.74) is 0. The Bertz CT molecular complexity index is 289. The fourth-order valence-electron chi connectivity index (χ4n) is 2.48. The minimum absolute atomic E-state index is 0.319. The Labute approximate surface area is 127 Å². The van der Waals surface area contributed by atoms with Crippen molar-refractivity contribution in [2.45, 2.75) is 77.2 Å². The van der Waals surface area contributed by atoms with Gasteiger partial charge in [0.05, 0.1) is 0 Å². The molecule has 1 N–H and O–H groups in total. The lowest BCUT2D eigenvalue weighted by Crippen LogP contribution is -2.56. The molecule has 0 saturated carbocycles. The third-order valence-electron chi connectivity index (χ3n) is 5.25. The minimum atomic E-state index is -1.58. The van der Waals surface area contributed by atoms with E-state index >= 15 is 0 Å². The molecule has 0 aromatic rings. The highest BCUT2D eigenvalue weighted by atomic mass is 28.4. The highest BCUT2D eigenvalue weighted by Crippen LogP contribution is 2.37. The first-order chi connectivity index (χ1) is 9.19. The molecule has 20 heavy (non-hydrogen) atoms. The van der Waals surface area contributed by atoms with Crippen LogP contribution in [0.4, 0.5) is 0 Å². The monoisotopic (exact) mass is 300 g/mol. The molecule has 0 amide bonds. The summed E-state index contributed by atoms with van der Waals surface area (Å²) in [7, 11) is 0.450. The lowest BCUT2D eigenvalue weighted by Gasteiger charge is -2.47. The highest BCUT2D eigenvalue weighted by Gasteiger charge is 2.39. The zero-order valence-electron chi connectivity index (χ0n) is 14.8. The van der Waals surface area contributed by atoms with Crippen LogP contribution in [-0.2, 0) is 4.43 Å². The second-order valence-corrected chi connectivity index (χ2v) is 12.7. The van der Waals surface area contributed by atoms with E-state index in [0.717, 1.165) is 13.2 Å². The zero-order chi connectivity index (χ0) is 15.4. The topological polar surface area (TPSA) is 24.5 Å². The second kappa shape index (κ2) is 7.39. The Balaban J connectivity index is 2.35. The van der Waals surface area contributed by atoms with E-state index in [1.54, 1.807) is 0 Å². The van der Waals surface area contributed by atoms with Gasteiger partial charge < -0.3 is 9.74 Å². The molecule has 0 spiro atoms. The second-order valence-electron chi connectivity index (χ2n) is 7.85. The normalized spacial score (nSPS) is 22.6. The fraction of sp³-hybridized carbons (Fsp3) is 1.00. The van der Waals surface area contributed by atoms with Crippen molar-refractivity contribution < 1.29 is 4.43 Å². The average molecular weight is 301 g/mol. The van der Waals surface area contributed by atoms with Crippen LogP contribution in [0.5, 0.6) is 0 Å². The summed E-state index contributed by atoms with van der Waals surface area (Å²) in [5, 5.41) is 3.55. The maximum atomic E-state index is 6.39. The predicted octanol–water partition coefficient (Wildman–Crippen LogP) is 3.47. The summed E-state index contributed by atoms with van der Waals surface area (Å²) in [6, 6.07) is 1.36. The van der Waals surface area contributed by atoms with Crippen molar-refractivity contribution in [3.05, 3.63) is 0 Å². The van der Waals surface area contributed by atoms with Crippen molar-refractivity contribution in [2.75, 3.05) is 26.7 Å². The van der Waals surface area contributed by atoms with E-state index in [0.29, 0.717) is 17.1 Å². The van der Waals surface area contributed by atoms with Gasteiger partial charge in [-0.25, -0.2) is 0 Å². The van der Waals surface area contributed by atoms with Crippen LogP contribution in [0.15, 0.2) is 0 Å². The van der Waals surface area contributed by atoms with E-state index < -0.39 is 8.32 Å². The molecule has 0 aliphatic carbocycles. The molecular formula is C16H36N2OSi. The van der Waals surface area contributed by atoms with Crippen LogP contribution in [0, 0.1) is 0 Å². The van der Waals surface area contributed by atoms with Crippen LogP contribution in [0.3, 0.4) is 0 Å². The smallest absolute Gasteiger partial charge is 0.192 e. The molecule has 4 heteroatoms. The Morgan fingerprint density at radius 2 is 2.00 bits per heavy atom. The third kappa shape index (κ3) is 4.83. The summed E-state index contributed by atoms with van der Waals surface area (Å²) in [4.78, 5) is 2.64. The zero-order valence-corrected chi connectivity index (χ0v) is 15.8. The predicted molar refractivity (Wildman–Crippen MR) is 90.9 cm³/mol. The molecule has 0 aromatic heterocycles. The molecule has 0 aromatic carbocycles. The maximum Gasteiger partial charge on any atom is 0.192 e. The van der Waals surface area contributed by atoms with Crippen molar-refractivity contribution in [2.24, 2.45) is 0 Å². The highest BCUT2D eigenvalue weighted by molar-refractivity contribution is 6.74. The molecule has 0 radical (unpaired) electrons. The first-order valence-electron chi connectivity index (χ1n) is 8.23. The Hall–Kier alpha value is 0.0969. The van der Waals surface area contributed by atoms with Gasteiger partial charge in [0.2, 0.25) is 0 Å². The average Bonchev–Trinajstić information content (AvgIpc) is 2.26. The van der Waals surface area contributed by atoms with E-state index in [9.17, 15) is 0 Å². The minimum Gasteiger partial charge on any atom is -0.415 e. The first kappa shape index (κ1) is 18.1. The van der Waals surface area contributed by atoms with Crippen LogP contribution in [0.1, 0.15) is 47.0 Å². The molecule has 1 aliphatic heterocycles. The lowest BCUT2D eigenvalue weighted by molar-refractivity contribution is 0.0113. The number of hydrogen-bond donors (Lipinski definition) is 1. The van der Waals surface area contributed by atoms with Crippen molar-refractivity contribution in [1.29, 1.82) is 0 Å².